The molecule has 0 aliphatic carbocycles. The van der Waals surface area contributed by atoms with Gasteiger partial charge >= 0.3 is 0 Å². The van der Waals surface area contributed by atoms with Crippen molar-refractivity contribution >= 4 is 42.6 Å². The Morgan fingerprint density at radius 1 is 1.08 bits per heavy atom. The van der Waals surface area contributed by atoms with Crippen LogP contribution in [-0.2, 0) is 10.0 Å². The number of rotatable bonds is 3. The number of ketones is 1. The molecular weight excluding hydrogens is 421 g/mol. The molecule has 0 aliphatic rings. The van der Waals surface area contributed by atoms with Crippen molar-refractivity contribution in [2.75, 3.05) is 0 Å². The van der Waals surface area contributed by atoms with Crippen LogP contribution in [0.25, 0.3) is 10.9 Å². The molecule has 4 nitrogen and oxygen atoms in total. The van der Waals surface area contributed by atoms with E-state index in [2.05, 4.69) is 15.9 Å². The van der Waals surface area contributed by atoms with Crippen molar-refractivity contribution in [2.24, 2.45) is 0 Å². The Morgan fingerprint density at radius 2 is 1.65 bits per heavy atom. The summed E-state index contributed by atoms with van der Waals surface area (Å²) in [6, 6.07) is 6.16. The van der Waals surface area contributed by atoms with Gasteiger partial charge in [0.05, 0.1) is 14.9 Å². The van der Waals surface area contributed by atoms with Crippen LogP contribution in [0.2, 0.25) is 0 Å². The molecule has 0 N–H and O–H groups in total. The van der Waals surface area contributed by atoms with Gasteiger partial charge in [0.2, 0.25) is 0 Å². The van der Waals surface area contributed by atoms with Gasteiger partial charge in [-0.25, -0.2) is 16.8 Å². The molecule has 0 aliphatic heterocycles. The second kappa shape index (κ2) is 6.32. The van der Waals surface area contributed by atoms with Gasteiger partial charge in [-0.1, -0.05) is 17.7 Å². The molecule has 0 atom stereocenters. The Morgan fingerprint density at radius 3 is 2.19 bits per heavy atom. The van der Waals surface area contributed by atoms with Crippen LogP contribution in [0, 0.1) is 26.6 Å². The van der Waals surface area contributed by atoms with E-state index in [1.165, 1.54) is 25.3 Å². The summed E-state index contributed by atoms with van der Waals surface area (Å²) >= 11 is 3.09. The molecule has 0 saturated heterocycles. The van der Waals surface area contributed by atoms with Crippen LogP contribution in [0.3, 0.4) is 0 Å². The number of aryl methyl sites for hydroxylation is 3. The van der Waals surface area contributed by atoms with E-state index in [-0.39, 0.29) is 31.6 Å². The molecule has 0 fully saturated rings. The lowest BCUT2D eigenvalue weighted by atomic mass is 10.1. The normalized spacial score (nSPS) is 11.9. The number of Topliss-reactive ketones (excluding diaryl/α,β-unsaturated/α-hetero) is 1. The highest BCUT2D eigenvalue weighted by Crippen LogP contribution is 2.32. The predicted molar refractivity (Wildman–Crippen MR) is 103 cm³/mol. The van der Waals surface area contributed by atoms with Crippen molar-refractivity contribution in [1.82, 2.24) is 3.97 Å². The maximum Gasteiger partial charge on any atom is 0.268 e. The second-order valence-electron chi connectivity index (χ2n) is 6.41. The number of hydrogen-bond donors (Lipinski definition) is 0. The Balaban J connectivity index is 2.42. The Kier molecular flexibility index (Phi) is 4.56. The molecule has 3 rings (SSSR count). The number of fused-ring (bicyclic) bond motifs is 1. The number of carbonyl (C=O) groups excluding carboxylic acids is 1. The molecule has 2 aromatic carbocycles. The topological polar surface area (TPSA) is 56.1 Å². The van der Waals surface area contributed by atoms with Crippen molar-refractivity contribution in [1.29, 1.82) is 0 Å². The average Bonchev–Trinajstić information content (AvgIpc) is 2.85. The van der Waals surface area contributed by atoms with Crippen molar-refractivity contribution in [3.05, 3.63) is 63.0 Å². The number of halogens is 2. The minimum absolute atomic E-state index is 0.131. The third-order valence-electron chi connectivity index (χ3n) is 4.31. The Labute approximate surface area is 159 Å². The van der Waals surface area contributed by atoms with Gasteiger partial charge in [0.15, 0.2) is 5.78 Å². The van der Waals surface area contributed by atoms with E-state index in [9.17, 15) is 17.6 Å². The fourth-order valence-corrected chi connectivity index (χ4v) is 5.46. The van der Waals surface area contributed by atoms with Crippen molar-refractivity contribution in [3.8, 4) is 0 Å². The third kappa shape index (κ3) is 2.89. The maximum absolute atomic E-state index is 14.0. The first-order valence-corrected chi connectivity index (χ1v) is 10.1. The molecule has 0 radical (unpaired) electrons. The molecule has 0 amide bonds. The number of carbonyl (C=O) groups is 1. The van der Waals surface area contributed by atoms with Gasteiger partial charge in [-0.2, -0.15) is 0 Å². The second-order valence-corrected chi connectivity index (χ2v) is 9.02. The van der Waals surface area contributed by atoms with Gasteiger partial charge in [0.25, 0.3) is 10.0 Å². The van der Waals surface area contributed by atoms with E-state index in [1.54, 1.807) is 26.0 Å². The maximum atomic E-state index is 14.0. The first-order valence-electron chi connectivity index (χ1n) is 7.88. The first-order chi connectivity index (χ1) is 12.0. The van der Waals surface area contributed by atoms with Crippen LogP contribution in [0.5, 0.6) is 0 Å². The third-order valence-corrected chi connectivity index (χ3v) is 6.90. The summed E-state index contributed by atoms with van der Waals surface area (Å²) in [7, 11) is -3.96. The highest BCUT2D eigenvalue weighted by molar-refractivity contribution is 9.10. The molecule has 7 heteroatoms. The zero-order valence-electron chi connectivity index (χ0n) is 14.7. The highest BCUT2D eigenvalue weighted by Gasteiger charge is 2.26. The molecule has 0 unspecified atom stereocenters. The fourth-order valence-electron chi connectivity index (χ4n) is 3.34. The van der Waals surface area contributed by atoms with E-state index in [4.69, 9.17) is 0 Å². The predicted octanol–water partition coefficient (Wildman–Crippen LogP) is 4.91. The number of hydrogen-bond acceptors (Lipinski definition) is 3. The van der Waals surface area contributed by atoms with Crippen molar-refractivity contribution in [2.45, 2.75) is 32.6 Å². The Hall–Kier alpha value is -1.99. The van der Waals surface area contributed by atoms with Gasteiger partial charge in [-0.3, -0.25) is 4.79 Å². The van der Waals surface area contributed by atoms with Crippen LogP contribution < -0.4 is 0 Å². The quantitative estimate of drug-likeness (QED) is 0.547. The number of aromatic nitrogens is 1. The standard InChI is InChI=1S/C19H17BrFNO3S/c1-10-5-11(2)19(12(3)6-10)26(24,25)22-9-15(13(4)23)14-7-17(21)16(20)8-18(14)22/h5-9H,1-4H3. The van der Waals surface area contributed by atoms with Gasteiger partial charge in [0, 0.05) is 17.1 Å². The summed E-state index contributed by atoms with van der Waals surface area (Å²) in [5.41, 5.74) is 2.62. The summed E-state index contributed by atoms with van der Waals surface area (Å²) in [6.07, 6.45) is 1.27. The monoisotopic (exact) mass is 437 g/mol. The van der Waals surface area contributed by atoms with E-state index in [0.717, 1.165) is 9.54 Å². The van der Waals surface area contributed by atoms with Crippen LogP contribution in [0.1, 0.15) is 34.0 Å². The molecule has 3 aromatic rings. The van der Waals surface area contributed by atoms with Gasteiger partial charge in [-0.05, 0) is 66.9 Å². The minimum Gasteiger partial charge on any atom is -0.294 e. The molecule has 0 spiro atoms. The van der Waals surface area contributed by atoms with Crippen LogP contribution >= 0.6 is 15.9 Å². The van der Waals surface area contributed by atoms with E-state index in [0.29, 0.717) is 11.1 Å². The van der Waals surface area contributed by atoms with E-state index >= 15 is 0 Å². The highest BCUT2D eigenvalue weighted by atomic mass is 79.9. The van der Waals surface area contributed by atoms with Crippen LogP contribution in [-0.4, -0.2) is 18.2 Å². The number of nitrogens with zero attached hydrogens (tertiary/aromatic N) is 1. The van der Waals surface area contributed by atoms with Crippen molar-refractivity contribution < 1.29 is 17.6 Å². The Bertz CT molecular complexity index is 1160. The summed E-state index contributed by atoms with van der Waals surface area (Å²) in [5, 5.41) is 0.268. The summed E-state index contributed by atoms with van der Waals surface area (Å²) in [6.45, 7) is 6.70. The largest absolute Gasteiger partial charge is 0.294 e. The molecule has 1 heterocycles. The molecule has 1 aromatic heterocycles. The van der Waals surface area contributed by atoms with Gasteiger partial charge in [0.1, 0.15) is 5.82 Å². The van der Waals surface area contributed by atoms with Crippen LogP contribution in [0.15, 0.2) is 39.8 Å². The van der Waals surface area contributed by atoms with Crippen LogP contribution in [0.4, 0.5) is 4.39 Å². The zero-order chi connectivity index (χ0) is 19.4. The van der Waals surface area contributed by atoms with E-state index < -0.39 is 15.8 Å². The van der Waals surface area contributed by atoms with Gasteiger partial charge in [-0.15, -0.1) is 0 Å². The molecule has 136 valence electrons. The van der Waals surface area contributed by atoms with E-state index in [1.807, 2.05) is 6.92 Å². The fraction of sp³-hybridized carbons (Fsp3) is 0.211. The first kappa shape index (κ1) is 18.8. The lowest BCUT2D eigenvalue weighted by Crippen LogP contribution is -2.15. The smallest absolute Gasteiger partial charge is 0.268 e. The average molecular weight is 438 g/mol. The van der Waals surface area contributed by atoms with Gasteiger partial charge < -0.3 is 0 Å². The summed E-state index contributed by atoms with van der Waals surface area (Å²) in [4.78, 5) is 12.2. The minimum atomic E-state index is -3.96. The molecule has 0 saturated carbocycles. The number of benzene rings is 2. The molecule has 26 heavy (non-hydrogen) atoms. The lowest BCUT2D eigenvalue weighted by molar-refractivity contribution is 0.101. The summed E-state index contributed by atoms with van der Waals surface area (Å²) in [5.74, 6) is -0.888. The van der Waals surface area contributed by atoms with Crippen molar-refractivity contribution in [3.63, 3.8) is 0 Å². The SMILES string of the molecule is CC(=O)c1cn(S(=O)(=O)c2c(C)cc(C)cc2C)c2cc(Br)c(F)cc12. The molecule has 0 bridgehead atoms. The lowest BCUT2D eigenvalue weighted by Gasteiger charge is -2.14. The molecular formula is C19H17BrFNO3S. The zero-order valence-corrected chi connectivity index (χ0v) is 17.1. The summed E-state index contributed by atoms with van der Waals surface area (Å²) < 4.78 is 41.9.